The van der Waals surface area contributed by atoms with Crippen LogP contribution >= 0.6 is 0 Å². The van der Waals surface area contributed by atoms with Crippen LogP contribution in [0.15, 0.2) is 23.1 Å². The van der Waals surface area contributed by atoms with Gasteiger partial charge in [0.2, 0.25) is 0 Å². The molecule has 2 aliphatic rings. The van der Waals surface area contributed by atoms with Crippen molar-refractivity contribution in [3.8, 4) is 0 Å². The van der Waals surface area contributed by atoms with Crippen molar-refractivity contribution in [2.75, 3.05) is 0 Å². The Bertz CT molecular complexity index is 856. The van der Waals surface area contributed by atoms with Gasteiger partial charge in [0.1, 0.15) is 4.90 Å². The highest BCUT2D eigenvalue weighted by Crippen LogP contribution is 2.35. The summed E-state index contributed by atoms with van der Waals surface area (Å²) in [5.74, 6) is -0.388. The van der Waals surface area contributed by atoms with E-state index in [9.17, 15) is 18.0 Å². The van der Waals surface area contributed by atoms with E-state index >= 15 is 0 Å². The first-order valence-corrected chi connectivity index (χ1v) is 10.6. The molecule has 0 N–H and O–H groups in total. The standard InChI is InChI=1S/C19H26N2O4S/c1-11(2)13(5)20(15-7-8-15)18(22)14-6-9-16-17(10-14)26(24,25)21(12(3)4)19(16)23/h6,9-13,15H,7-8H2,1-5H3/t13-/m1/s1. The van der Waals surface area contributed by atoms with Crippen LogP contribution in [-0.4, -0.2) is 47.6 Å². The fraction of sp³-hybridized carbons (Fsp3) is 0.579. The molecule has 1 saturated carbocycles. The van der Waals surface area contributed by atoms with Crippen LogP contribution < -0.4 is 0 Å². The van der Waals surface area contributed by atoms with Gasteiger partial charge < -0.3 is 4.90 Å². The first-order valence-electron chi connectivity index (χ1n) is 9.12. The molecule has 7 heteroatoms. The first kappa shape index (κ1) is 18.9. The van der Waals surface area contributed by atoms with Crippen molar-refractivity contribution in [1.29, 1.82) is 0 Å². The number of amides is 2. The maximum Gasteiger partial charge on any atom is 0.269 e. The molecule has 2 amide bonds. The zero-order chi connectivity index (χ0) is 19.4. The molecule has 0 spiro atoms. The Balaban J connectivity index is 2.01. The van der Waals surface area contributed by atoms with Crippen molar-refractivity contribution in [2.45, 2.75) is 70.5 Å². The Morgan fingerprint density at radius 3 is 2.27 bits per heavy atom. The molecule has 0 unspecified atom stereocenters. The second kappa shape index (κ2) is 6.37. The minimum atomic E-state index is -3.90. The molecule has 1 aromatic carbocycles. The molecule has 0 radical (unpaired) electrons. The zero-order valence-electron chi connectivity index (χ0n) is 15.9. The third-order valence-electron chi connectivity index (χ3n) is 5.24. The topological polar surface area (TPSA) is 74.8 Å². The molecule has 6 nitrogen and oxygen atoms in total. The van der Waals surface area contributed by atoms with Crippen molar-refractivity contribution < 1.29 is 18.0 Å². The molecular formula is C19H26N2O4S. The summed E-state index contributed by atoms with van der Waals surface area (Å²) in [7, 11) is -3.90. The van der Waals surface area contributed by atoms with Gasteiger partial charge in [-0.05, 0) is 57.7 Å². The molecule has 142 valence electrons. The number of carbonyl (C=O) groups excluding carboxylic acids is 2. The molecule has 1 atom stereocenters. The lowest BCUT2D eigenvalue weighted by molar-refractivity contribution is 0.0627. The minimum absolute atomic E-state index is 0.0602. The molecule has 26 heavy (non-hydrogen) atoms. The van der Waals surface area contributed by atoms with Gasteiger partial charge in [-0.3, -0.25) is 9.59 Å². The molecule has 1 fully saturated rings. The monoisotopic (exact) mass is 378 g/mol. The quantitative estimate of drug-likeness (QED) is 0.790. The smallest absolute Gasteiger partial charge is 0.269 e. The van der Waals surface area contributed by atoms with Gasteiger partial charge in [-0.25, -0.2) is 12.7 Å². The summed E-state index contributed by atoms with van der Waals surface area (Å²) in [5, 5.41) is 0. The van der Waals surface area contributed by atoms with Gasteiger partial charge in [0, 0.05) is 23.7 Å². The van der Waals surface area contributed by atoms with E-state index in [4.69, 9.17) is 0 Å². The molecule has 0 saturated heterocycles. The van der Waals surface area contributed by atoms with Crippen LogP contribution in [0.3, 0.4) is 0 Å². The SMILES string of the molecule is CC(C)[C@@H](C)N(C(=O)c1ccc2c(c1)S(=O)(=O)N(C(C)C)C2=O)C1CC1. The van der Waals surface area contributed by atoms with Gasteiger partial charge in [-0.15, -0.1) is 0 Å². The first-order chi connectivity index (χ1) is 12.1. The summed E-state index contributed by atoms with van der Waals surface area (Å²) in [5.41, 5.74) is 0.468. The Labute approximate surface area is 155 Å². The van der Waals surface area contributed by atoms with E-state index in [0.29, 0.717) is 11.5 Å². The average Bonchev–Trinajstić information content (AvgIpc) is 3.35. The highest BCUT2D eigenvalue weighted by atomic mass is 32.2. The lowest BCUT2D eigenvalue weighted by atomic mass is 10.0. The summed E-state index contributed by atoms with van der Waals surface area (Å²) >= 11 is 0. The fourth-order valence-electron chi connectivity index (χ4n) is 3.40. The van der Waals surface area contributed by atoms with E-state index in [1.54, 1.807) is 19.9 Å². The number of sulfonamides is 1. The van der Waals surface area contributed by atoms with E-state index in [2.05, 4.69) is 13.8 Å². The summed E-state index contributed by atoms with van der Waals surface area (Å²) in [4.78, 5) is 27.4. The summed E-state index contributed by atoms with van der Waals surface area (Å²) in [6.07, 6.45) is 1.96. The Hall–Kier alpha value is -1.89. The van der Waals surface area contributed by atoms with E-state index < -0.39 is 22.0 Å². The van der Waals surface area contributed by atoms with E-state index in [1.807, 2.05) is 11.8 Å². The van der Waals surface area contributed by atoms with Gasteiger partial charge in [0.05, 0.1) is 5.56 Å². The lowest BCUT2D eigenvalue weighted by Crippen LogP contribution is -2.43. The maximum atomic E-state index is 13.1. The van der Waals surface area contributed by atoms with E-state index in [0.717, 1.165) is 17.1 Å². The largest absolute Gasteiger partial charge is 0.333 e. The Morgan fingerprint density at radius 1 is 1.15 bits per heavy atom. The molecule has 0 aromatic heterocycles. The highest BCUT2D eigenvalue weighted by Gasteiger charge is 2.44. The second-order valence-electron chi connectivity index (χ2n) is 7.84. The molecule has 1 heterocycles. The normalized spacial score (nSPS) is 19.8. The van der Waals surface area contributed by atoms with Crippen molar-refractivity contribution in [1.82, 2.24) is 9.21 Å². The molecule has 3 rings (SSSR count). The van der Waals surface area contributed by atoms with E-state index in [1.165, 1.54) is 12.1 Å². The minimum Gasteiger partial charge on any atom is -0.333 e. The Kier molecular flexibility index (Phi) is 4.63. The van der Waals surface area contributed by atoms with Crippen LogP contribution in [0.4, 0.5) is 0 Å². The van der Waals surface area contributed by atoms with Gasteiger partial charge >= 0.3 is 0 Å². The molecular weight excluding hydrogens is 352 g/mol. The van der Waals surface area contributed by atoms with Gasteiger partial charge in [0.25, 0.3) is 21.8 Å². The van der Waals surface area contributed by atoms with Crippen LogP contribution in [0.25, 0.3) is 0 Å². The predicted octanol–water partition coefficient (Wildman–Crippen LogP) is 2.89. The van der Waals surface area contributed by atoms with Crippen molar-refractivity contribution in [3.05, 3.63) is 29.3 Å². The number of nitrogens with zero attached hydrogens (tertiary/aromatic N) is 2. The molecule has 1 aliphatic carbocycles. The average molecular weight is 378 g/mol. The number of hydrogen-bond donors (Lipinski definition) is 0. The molecule has 1 aliphatic heterocycles. The van der Waals surface area contributed by atoms with Crippen LogP contribution in [0.1, 0.15) is 68.2 Å². The highest BCUT2D eigenvalue weighted by molar-refractivity contribution is 7.90. The van der Waals surface area contributed by atoms with Crippen LogP contribution in [0.2, 0.25) is 0 Å². The second-order valence-corrected chi connectivity index (χ2v) is 9.62. The molecule has 1 aromatic rings. The van der Waals surface area contributed by atoms with Crippen LogP contribution in [0, 0.1) is 5.92 Å². The number of carbonyl (C=O) groups is 2. The Morgan fingerprint density at radius 2 is 1.77 bits per heavy atom. The lowest BCUT2D eigenvalue weighted by Gasteiger charge is -2.32. The van der Waals surface area contributed by atoms with Gasteiger partial charge in [-0.1, -0.05) is 13.8 Å². The molecule has 0 bridgehead atoms. The maximum absolute atomic E-state index is 13.1. The predicted molar refractivity (Wildman–Crippen MR) is 98.4 cm³/mol. The van der Waals surface area contributed by atoms with Gasteiger partial charge in [0.15, 0.2) is 0 Å². The summed E-state index contributed by atoms with van der Waals surface area (Å²) in [6.45, 7) is 9.48. The number of fused-ring (bicyclic) bond motifs is 1. The third kappa shape index (κ3) is 2.92. The number of hydrogen-bond acceptors (Lipinski definition) is 4. The van der Waals surface area contributed by atoms with Crippen LogP contribution in [-0.2, 0) is 10.0 Å². The fourth-order valence-corrected chi connectivity index (χ4v) is 5.19. The number of rotatable bonds is 5. The summed E-state index contributed by atoms with van der Waals surface area (Å²) < 4.78 is 26.4. The van der Waals surface area contributed by atoms with Crippen molar-refractivity contribution in [2.24, 2.45) is 5.92 Å². The van der Waals surface area contributed by atoms with Crippen molar-refractivity contribution in [3.63, 3.8) is 0 Å². The number of benzene rings is 1. The third-order valence-corrected chi connectivity index (χ3v) is 7.24. The zero-order valence-corrected chi connectivity index (χ0v) is 16.7. The van der Waals surface area contributed by atoms with Crippen molar-refractivity contribution >= 4 is 21.8 Å². The summed E-state index contributed by atoms with van der Waals surface area (Å²) in [6, 6.07) is 4.22. The van der Waals surface area contributed by atoms with E-state index in [-0.39, 0.29) is 28.4 Å². The van der Waals surface area contributed by atoms with Crippen LogP contribution in [0.5, 0.6) is 0 Å². The van der Waals surface area contributed by atoms with Gasteiger partial charge in [-0.2, -0.15) is 0 Å².